The minimum absolute atomic E-state index is 0.240. The van der Waals surface area contributed by atoms with E-state index in [0.717, 1.165) is 10.7 Å². The molecule has 1 heterocycles. The highest BCUT2D eigenvalue weighted by Crippen LogP contribution is 2.24. The minimum Gasteiger partial charge on any atom is -0.289 e. The molecule has 0 bridgehead atoms. The van der Waals surface area contributed by atoms with Crippen LogP contribution >= 0.6 is 23.2 Å². The molecule has 2 rings (SSSR count). The summed E-state index contributed by atoms with van der Waals surface area (Å²) in [6.07, 6.45) is -2.73. The second kappa shape index (κ2) is 4.50. The second-order valence-electron chi connectivity index (χ2n) is 3.28. The molecule has 0 atom stereocenters. The maximum atomic E-state index is 12.4. The number of aromatic nitrogens is 2. The fourth-order valence-electron chi connectivity index (χ4n) is 1.34. The van der Waals surface area contributed by atoms with Gasteiger partial charge < -0.3 is 0 Å². The summed E-state index contributed by atoms with van der Waals surface area (Å²) in [5.41, 5.74) is -0.684. The summed E-state index contributed by atoms with van der Waals surface area (Å²) < 4.78 is 25.8. The standard InChI is InChI=1S/C10H6Cl2F2N2O/c11-6-2-1-5(3-7(6)12)16-9(17)4-8(15-16)10(13)14/h1-4,10,15H. The van der Waals surface area contributed by atoms with Gasteiger partial charge in [-0.2, -0.15) is 0 Å². The smallest absolute Gasteiger partial charge is 0.279 e. The average molecular weight is 279 g/mol. The van der Waals surface area contributed by atoms with Gasteiger partial charge in [0.05, 0.1) is 15.7 Å². The molecule has 0 amide bonds. The highest BCUT2D eigenvalue weighted by atomic mass is 35.5. The van der Waals surface area contributed by atoms with E-state index in [1.807, 2.05) is 0 Å². The van der Waals surface area contributed by atoms with Gasteiger partial charge in [0.1, 0.15) is 5.69 Å². The van der Waals surface area contributed by atoms with Crippen molar-refractivity contribution in [3.63, 3.8) is 0 Å². The first-order chi connectivity index (χ1) is 7.99. The first-order valence-corrected chi connectivity index (χ1v) is 5.30. The monoisotopic (exact) mass is 278 g/mol. The van der Waals surface area contributed by atoms with Crippen molar-refractivity contribution in [1.29, 1.82) is 0 Å². The summed E-state index contributed by atoms with van der Waals surface area (Å²) in [5.74, 6) is 0. The Morgan fingerprint density at radius 2 is 1.88 bits per heavy atom. The largest absolute Gasteiger partial charge is 0.289 e. The van der Waals surface area contributed by atoms with E-state index in [1.54, 1.807) is 0 Å². The van der Waals surface area contributed by atoms with Crippen LogP contribution in [0.4, 0.5) is 8.78 Å². The number of hydrogen-bond acceptors (Lipinski definition) is 1. The number of halogens is 4. The molecule has 0 radical (unpaired) electrons. The van der Waals surface area contributed by atoms with Crippen LogP contribution in [-0.4, -0.2) is 9.78 Å². The molecular formula is C10H6Cl2F2N2O. The molecule has 0 saturated carbocycles. The lowest BCUT2D eigenvalue weighted by atomic mass is 10.3. The van der Waals surface area contributed by atoms with Crippen LogP contribution in [-0.2, 0) is 0 Å². The molecule has 0 unspecified atom stereocenters. The molecule has 3 nitrogen and oxygen atoms in total. The van der Waals surface area contributed by atoms with Crippen molar-refractivity contribution >= 4 is 23.2 Å². The number of rotatable bonds is 2. The van der Waals surface area contributed by atoms with Crippen molar-refractivity contribution in [2.24, 2.45) is 0 Å². The summed E-state index contributed by atoms with van der Waals surface area (Å²) in [7, 11) is 0. The SMILES string of the molecule is O=c1cc(C(F)F)[nH]n1-c1ccc(Cl)c(Cl)c1. The third kappa shape index (κ3) is 2.35. The lowest BCUT2D eigenvalue weighted by Crippen LogP contribution is -2.13. The van der Waals surface area contributed by atoms with Gasteiger partial charge >= 0.3 is 0 Å². The molecule has 0 saturated heterocycles. The third-order valence-corrected chi connectivity index (χ3v) is 2.88. The average Bonchev–Trinajstić information content (AvgIpc) is 2.65. The number of alkyl halides is 2. The Morgan fingerprint density at radius 1 is 1.18 bits per heavy atom. The summed E-state index contributed by atoms with van der Waals surface area (Å²) in [6, 6.07) is 5.24. The number of H-pyrrole nitrogens is 1. The molecule has 0 aliphatic rings. The molecule has 0 aliphatic carbocycles. The Labute approximate surface area is 105 Å². The van der Waals surface area contributed by atoms with Gasteiger partial charge in [0, 0.05) is 6.07 Å². The van der Waals surface area contributed by atoms with Gasteiger partial charge in [0.25, 0.3) is 12.0 Å². The van der Waals surface area contributed by atoms with E-state index in [4.69, 9.17) is 23.2 Å². The Balaban J connectivity index is 2.53. The number of benzene rings is 1. The molecular weight excluding hydrogens is 273 g/mol. The maximum Gasteiger partial charge on any atom is 0.279 e. The van der Waals surface area contributed by atoms with Crippen LogP contribution in [0.1, 0.15) is 12.1 Å². The predicted octanol–water partition coefficient (Wildman–Crippen LogP) is 3.41. The fourth-order valence-corrected chi connectivity index (χ4v) is 1.63. The van der Waals surface area contributed by atoms with Crippen molar-refractivity contribution in [2.45, 2.75) is 6.43 Å². The lowest BCUT2D eigenvalue weighted by Gasteiger charge is -2.03. The number of aromatic amines is 1. The number of nitrogens with one attached hydrogen (secondary N) is 1. The van der Waals surface area contributed by atoms with Gasteiger partial charge in [0.2, 0.25) is 0 Å². The first-order valence-electron chi connectivity index (χ1n) is 4.54. The zero-order valence-electron chi connectivity index (χ0n) is 8.25. The van der Waals surface area contributed by atoms with Gasteiger partial charge in [-0.1, -0.05) is 23.2 Å². The summed E-state index contributed by atoms with van der Waals surface area (Å²) >= 11 is 11.5. The van der Waals surface area contributed by atoms with Gasteiger partial charge in [-0.3, -0.25) is 9.89 Å². The Bertz CT molecular complexity index is 607. The second-order valence-corrected chi connectivity index (χ2v) is 4.10. The molecule has 0 aliphatic heterocycles. The van der Waals surface area contributed by atoms with Gasteiger partial charge in [-0.25, -0.2) is 13.5 Å². The van der Waals surface area contributed by atoms with Crippen molar-refractivity contribution in [2.75, 3.05) is 0 Å². The zero-order chi connectivity index (χ0) is 12.6. The molecule has 17 heavy (non-hydrogen) atoms. The van der Waals surface area contributed by atoms with E-state index in [2.05, 4.69) is 5.10 Å². The van der Waals surface area contributed by atoms with Crippen molar-refractivity contribution < 1.29 is 8.78 Å². The Hall–Kier alpha value is -1.33. The van der Waals surface area contributed by atoms with Crippen LogP contribution in [0, 0.1) is 0 Å². The van der Waals surface area contributed by atoms with Crippen LogP contribution in [0.25, 0.3) is 5.69 Å². The Kier molecular flexibility index (Phi) is 3.22. The third-order valence-electron chi connectivity index (χ3n) is 2.14. The van der Waals surface area contributed by atoms with Crippen molar-refractivity contribution in [3.8, 4) is 5.69 Å². The van der Waals surface area contributed by atoms with E-state index in [1.165, 1.54) is 18.2 Å². The molecule has 0 spiro atoms. The highest BCUT2D eigenvalue weighted by molar-refractivity contribution is 6.42. The van der Waals surface area contributed by atoms with Crippen molar-refractivity contribution in [1.82, 2.24) is 9.78 Å². The van der Waals surface area contributed by atoms with E-state index in [0.29, 0.717) is 10.7 Å². The van der Waals surface area contributed by atoms with Crippen LogP contribution in [0.15, 0.2) is 29.1 Å². The van der Waals surface area contributed by atoms with Crippen molar-refractivity contribution in [3.05, 3.63) is 50.4 Å². The quantitative estimate of drug-likeness (QED) is 0.898. The molecule has 90 valence electrons. The summed E-state index contributed by atoms with van der Waals surface area (Å²) in [4.78, 5) is 11.5. The number of nitrogens with zero attached hydrogens (tertiary/aromatic N) is 1. The summed E-state index contributed by atoms with van der Waals surface area (Å²) in [6.45, 7) is 0. The number of hydrogen-bond donors (Lipinski definition) is 1. The van der Waals surface area contributed by atoms with Gasteiger partial charge in [-0.05, 0) is 18.2 Å². The summed E-state index contributed by atoms with van der Waals surface area (Å²) in [5, 5.41) is 2.86. The zero-order valence-corrected chi connectivity index (χ0v) is 9.77. The Morgan fingerprint density at radius 3 is 2.41 bits per heavy atom. The van der Waals surface area contributed by atoms with Crippen LogP contribution in [0.2, 0.25) is 10.0 Å². The topological polar surface area (TPSA) is 37.8 Å². The molecule has 7 heteroatoms. The van der Waals surface area contributed by atoms with E-state index >= 15 is 0 Å². The van der Waals surface area contributed by atoms with Crippen LogP contribution in [0.5, 0.6) is 0 Å². The van der Waals surface area contributed by atoms with Crippen LogP contribution < -0.4 is 5.56 Å². The molecule has 0 fully saturated rings. The van der Waals surface area contributed by atoms with Crippen LogP contribution in [0.3, 0.4) is 0 Å². The minimum atomic E-state index is -2.73. The predicted molar refractivity (Wildman–Crippen MR) is 61.4 cm³/mol. The molecule has 1 aromatic carbocycles. The fraction of sp³-hybridized carbons (Fsp3) is 0.100. The van der Waals surface area contributed by atoms with Gasteiger partial charge in [-0.15, -0.1) is 0 Å². The molecule has 2 aromatic rings. The molecule has 1 N–H and O–H groups in total. The van der Waals surface area contributed by atoms with E-state index in [9.17, 15) is 13.6 Å². The maximum absolute atomic E-state index is 12.4. The lowest BCUT2D eigenvalue weighted by molar-refractivity contribution is 0.145. The van der Waals surface area contributed by atoms with E-state index < -0.39 is 17.7 Å². The normalized spacial score (nSPS) is 11.1. The molecule has 1 aromatic heterocycles. The highest BCUT2D eigenvalue weighted by Gasteiger charge is 2.13. The first kappa shape index (κ1) is 12.1. The van der Waals surface area contributed by atoms with E-state index in [-0.39, 0.29) is 5.02 Å². The van der Waals surface area contributed by atoms with Gasteiger partial charge in [0.15, 0.2) is 0 Å².